The predicted molar refractivity (Wildman–Crippen MR) is 87.9 cm³/mol. The van der Waals surface area contributed by atoms with E-state index in [4.69, 9.17) is 0 Å². The van der Waals surface area contributed by atoms with Crippen molar-refractivity contribution in [2.45, 2.75) is 65.2 Å². The Kier molecular flexibility index (Phi) is 5.43. The van der Waals surface area contributed by atoms with Gasteiger partial charge in [-0.25, -0.2) is 0 Å². The molecule has 0 fully saturated rings. The van der Waals surface area contributed by atoms with Crippen LogP contribution in [0.15, 0.2) is 22.5 Å². The smallest absolute Gasteiger partial charge is 0.260 e. The fourth-order valence-corrected chi connectivity index (χ4v) is 3.34. The number of hydrogen-bond donors (Lipinski definition) is 0. The van der Waals surface area contributed by atoms with Crippen LogP contribution in [-0.2, 0) is 9.59 Å². The number of carbonyl (C=O) groups excluding carboxylic acids is 2. The van der Waals surface area contributed by atoms with Gasteiger partial charge in [0.1, 0.15) is 0 Å². The van der Waals surface area contributed by atoms with Crippen LogP contribution in [0.2, 0.25) is 0 Å². The van der Waals surface area contributed by atoms with Gasteiger partial charge in [-0.1, -0.05) is 39.5 Å². The molecule has 2 aliphatic heterocycles. The summed E-state index contributed by atoms with van der Waals surface area (Å²) in [5.41, 5.74) is 3.21. The van der Waals surface area contributed by atoms with Crippen molar-refractivity contribution in [3.8, 4) is 0 Å². The molecule has 2 aliphatic rings. The van der Waals surface area contributed by atoms with Crippen molar-refractivity contribution >= 4 is 11.8 Å². The zero-order chi connectivity index (χ0) is 16.3. The van der Waals surface area contributed by atoms with Crippen molar-refractivity contribution in [2.75, 3.05) is 14.1 Å². The maximum Gasteiger partial charge on any atom is 0.260 e. The Hall–Kier alpha value is -1.58. The molecule has 2 heterocycles. The molecule has 0 bridgehead atoms. The van der Waals surface area contributed by atoms with Gasteiger partial charge in [-0.15, -0.1) is 0 Å². The van der Waals surface area contributed by atoms with Gasteiger partial charge in [-0.05, 0) is 25.7 Å². The molecule has 0 unspecified atom stereocenters. The van der Waals surface area contributed by atoms with Gasteiger partial charge in [-0.3, -0.25) is 9.59 Å². The molecule has 122 valence electrons. The molecule has 0 aromatic rings. The van der Waals surface area contributed by atoms with E-state index in [-0.39, 0.29) is 11.8 Å². The number of allylic oxidation sites excluding steroid dienone is 2. The second-order valence-corrected chi connectivity index (χ2v) is 6.29. The number of hydrogen-bond acceptors (Lipinski definition) is 2. The first kappa shape index (κ1) is 16.8. The van der Waals surface area contributed by atoms with Crippen LogP contribution in [0.3, 0.4) is 0 Å². The molecule has 0 aliphatic carbocycles. The molecule has 0 radical (unpaired) electrons. The molecule has 0 atom stereocenters. The van der Waals surface area contributed by atoms with Gasteiger partial charge >= 0.3 is 0 Å². The summed E-state index contributed by atoms with van der Waals surface area (Å²) in [6.45, 7) is 4.32. The van der Waals surface area contributed by atoms with Crippen LogP contribution in [0, 0.1) is 0 Å². The van der Waals surface area contributed by atoms with Gasteiger partial charge in [0, 0.05) is 25.5 Å². The summed E-state index contributed by atoms with van der Waals surface area (Å²) < 4.78 is 0. The number of nitrogens with zero attached hydrogens (tertiary/aromatic N) is 2. The van der Waals surface area contributed by atoms with E-state index >= 15 is 0 Å². The van der Waals surface area contributed by atoms with E-state index in [2.05, 4.69) is 13.8 Å². The number of fused-ring (bicyclic) bond motifs is 1. The molecule has 0 spiro atoms. The lowest BCUT2D eigenvalue weighted by Gasteiger charge is -2.19. The molecule has 2 rings (SSSR count). The third-order valence-corrected chi connectivity index (χ3v) is 4.71. The highest BCUT2D eigenvalue weighted by Crippen LogP contribution is 2.41. The van der Waals surface area contributed by atoms with Crippen LogP contribution < -0.4 is 0 Å². The van der Waals surface area contributed by atoms with Crippen LogP contribution in [0.4, 0.5) is 0 Å². The Morgan fingerprint density at radius 3 is 1.36 bits per heavy atom. The average Bonchev–Trinajstić information content (AvgIpc) is 2.89. The topological polar surface area (TPSA) is 40.6 Å². The number of likely N-dealkylation sites (N-methyl/N-ethyl adjacent to an activating group) is 2. The van der Waals surface area contributed by atoms with Crippen LogP contribution in [-0.4, -0.2) is 35.7 Å². The number of carbonyl (C=O) groups is 2. The highest BCUT2D eigenvalue weighted by Gasteiger charge is 2.44. The normalized spacial score (nSPS) is 18.2. The molecular formula is C18H28N2O2. The molecule has 0 aromatic carbocycles. The monoisotopic (exact) mass is 304 g/mol. The Bertz CT molecular complexity index is 483. The summed E-state index contributed by atoms with van der Waals surface area (Å²) >= 11 is 0. The number of rotatable bonds is 8. The SMILES string of the molecule is CCCCCC1=C2C(=O)N(C)C(CCCCC)=C2C(=O)N1C. The molecule has 0 N–H and O–H groups in total. The van der Waals surface area contributed by atoms with E-state index in [0.29, 0.717) is 11.1 Å². The van der Waals surface area contributed by atoms with Crippen LogP contribution >= 0.6 is 0 Å². The third-order valence-electron chi connectivity index (χ3n) is 4.71. The van der Waals surface area contributed by atoms with Crippen molar-refractivity contribution in [3.05, 3.63) is 22.5 Å². The second-order valence-electron chi connectivity index (χ2n) is 6.29. The molecule has 4 nitrogen and oxygen atoms in total. The fraction of sp³-hybridized carbons (Fsp3) is 0.667. The van der Waals surface area contributed by atoms with Gasteiger partial charge in [0.2, 0.25) is 0 Å². The summed E-state index contributed by atoms with van der Waals surface area (Å²) in [6.07, 6.45) is 8.23. The van der Waals surface area contributed by atoms with E-state index in [1.807, 2.05) is 0 Å². The molecule has 4 heteroatoms. The van der Waals surface area contributed by atoms with E-state index in [9.17, 15) is 9.59 Å². The van der Waals surface area contributed by atoms with E-state index in [1.54, 1.807) is 23.9 Å². The summed E-state index contributed by atoms with van der Waals surface area (Å²) in [7, 11) is 3.61. The maximum absolute atomic E-state index is 12.6. The van der Waals surface area contributed by atoms with Crippen molar-refractivity contribution < 1.29 is 9.59 Å². The lowest BCUT2D eigenvalue weighted by atomic mass is 10.0. The van der Waals surface area contributed by atoms with Crippen LogP contribution in [0.25, 0.3) is 0 Å². The van der Waals surface area contributed by atoms with Crippen molar-refractivity contribution in [2.24, 2.45) is 0 Å². The van der Waals surface area contributed by atoms with Gasteiger partial charge in [0.25, 0.3) is 11.8 Å². The molecule has 0 aromatic heterocycles. The quantitative estimate of drug-likeness (QED) is 0.643. The Morgan fingerprint density at radius 1 is 0.682 bits per heavy atom. The molecule has 0 saturated heterocycles. The lowest BCUT2D eigenvalue weighted by Crippen LogP contribution is -2.26. The minimum Gasteiger partial charge on any atom is -0.314 e. The molecule has 22 heavy (non-hydrogen) atoms. The van der Waals surface area contributed by atoms with Gasteiger partial charge < -0.3 is 9.80 Å². The first-order valence-electron chi connectivity index (χ1n) is 8.57. The minimum absolute atomic E-state index is 0.00527. The summed E-state index contributed by atoms with van der Waals surface area (Å²) in [6, 6.07) is 0. The highest BCUT2D eigenvalue weighted by atomic mass is 16.2. The average molecular weight is 304 g/mol. The fourth-order valence-electron chi connectivity index (χ4n) is 3.34. The zero-order valence-corrected chi connectivity index (χ0v) is 14.4. The van der Waals surface area contributed by atoms with Gasteiger partial charge in [0.05, 0.1) is 11.1 Å². The minimum atomic E-state index is 0.00527. The maximum atomic E-state index is 12.6. The van der Waals surface area contributed by atoms with E-state index < -0.39 is 0 Å². The Morgan fingerprint density at radius 2 is 1.05 bits per heavy atom. The summed E-state index contributed by atoms with van der Waals surface area (Å²) in [5.74, 6) is 0.0105. The summed E-state index contributed by atoms with van der Waals surface area (Å²) in [5, 5.41) is 0. The number of amides is 2. The lowest BCUT2D eigenvalue weighted by molar-refractivity contribution is -0.123. The first-order valence-corrected chi connectivity index (χ1v) is 8.57. The van der Waals surface area contributed by atoms with Gasteiger partial charge in [-0.2, -0.15) is 0 Å². The summed E-state index contributed by atoms with van der Waals surface area (Å²) in [4.78, 5) is 28.6. The van der Waals surface area contributed by atoms with Crippen molar-refractivity contribution in [1.82, 2.24) is 9.80 Å². The Balaban J connectivity index is 2.31. The zero-order valence-electron chi connectivity index (χ0n) is 14.4. The molecule has 0 saturated carbocycles. The van der Waals surface area contributed by atoms with Crippen LogP contribution in [0.1, 0.15) is 65.2 Å². The molecular weight excluding hydrogens is 276 g/mol. The second kappa shape index (κ2) is 7.12. The molecule has 2 amide bonds. The van der Waals surface area contributed by atoms with E-state index in [0.717, 1.165) is 62.8 Å². The van der Waals surface area contributed by atoms with Crippen LogP contribution in [0.5, 0.6) is 0 Å². The number of unbranched alkanes of at least 4 members (excludes halogenated alkanes) is 4. The van der Waals surface area contributed by atoms with Crippen molar-refractivity contribution in [3.63, 3.8) is 0 Å². The first-order chi connectivity index (χ1) is 10.5. The highest BCUT2D eigenvalue weighted by molar-refractivity contribution is 6.19. The van der Waals surface area contributed by atoms with E-state index in [1.165, 1.54) is 0 Å². The standard InChI is InChI=1S/C18H28N2O2/c1-5-7-9-11-13-15-16(18(22)19(13)3)14(12-10-8-6-2)20(4)17(15)21/h5-12H2,1-4H3. The predicted octanol–water partition coefficient (Wildman–Crippen LogP) is 3.60. The van der Waals surface area contributed by atoms with Gasteiger partial charge in [0.15, 0.2) is 0 Å². The largest absolute Gasteiger partial charge is 0.314 e. The Labute approximate surface area is 133 Å². The van der Waals surface area contributed by atoms with Crippen molar-refractivity contribution in [1.29, 1.82) is 0 Å². The third kappa shape index (κ3) is 2.83.